The predicted octanol–water partition coefficient (Wildman–Crippen LogP) is 8.48. The molecule has 0 spiro atoms. The Morgan fingerprint density at radius 1 is 0.321 bits per heavy atom. The van der Waals surface area contributed by atoms with Gasteiger partial charge in [-0.05, 0) is 90.3 Å². The Morgan fingerprint density at radius 3 is 1.39 bits per heavy atom. The summed E-state index contributed by atoms with van der Waals surface area (Å²) < 4.78 is 0. The van der Waals surface area contributed by atoms with Crippen LogP contribution in [0.2, 0.25) is 0 Å². The molecular formula is C28H22. The van der Waals surface area contributed by atoms with Crippen LogP contribution in [0.25, 0.3) is 53.9 Å². The van der Waals surface area contributed by atoms with Crippen LogP contribution >= 0.6 is 0 Å². The number of fused-ring (bicyclic) bond motifs is 6. The molecule has 0 nitrogen and oxygen atoms in total. The fourth-order valence-electron chi connectivity index (χ4n) is 4.20. The van der Waals surface area contributed by atoms with Crippen molar-refractivity contribution < 1.29 is 0 Å². The number of hydrogen-bond donors (Lipinski definition) is 0. The van der Waals surface area contributed by atoms with Crippen molar-refractivity contribution in [3.8, 4) is 0 Å². The minimum Gasteiger partial charge on any atom is -0.0683 e. The van der Waals surface area contributed by atoms with E-state index in [0.29, 0.717) is 0 Å². The molecule has 0 aromatic heterocycles. The maximum atomic E-state index is 2.35. The molecule has 0 fully saturated rings. The zero-order chi connectivity index (χ0) is 19.1. The summed E-state index contributed by atoms with van der Waals surface area (Å²) in [6, 6.07) is 35.6. The van der Waals surface area contributed by atoms with E-state index in [2.05, 4.69) is 97.1 Å². The Hall–Kier alpha value is -3.38. The van der Waals surface area contributed by atoms with Gasteiger partial charge < -0.3 is 0 Å². The van der Waals surface area contributed by atoms with Crippen molar-refractivity contribution in [3.63, 3.8) is 0 Å². The van der Waals surface area contributed by atoms with Crippen LogP contribution in [-0.4, -0.2) is 0 Å². The minimum absolute atomic E-state index is 1.30. The molecule has 0 radical (unpaired) electrons. The summed E-state index contributed by atoms with van der Waals surface area (Å²) >= 11 is 0. The Morgan fingerprint density at radius 2 is 0.750 bits per heavy atom. The van der Waals surface area contributed by atoms with Crippen molar-refractivity contribution in [2.75, 3.05) is 0 Å². The lowest BCUT2D eigenvalue weighted by Crippen LogP contribution is -1.82. The van der Waals surface area contributed by atoms with Gasteiger partial charge in [-0.15, -0.1) is 0 Å². The molecule has 0 N–H and O–H groups in total. The first-order valence-corrected chi connectivity index (χ1v) is 10.0. The number of benzene rings is 6. The molecule has 0 amide bonds. The first-order chi connectivity index (χ1) is 13.8. The minimum atomic E-state index is 1.30. The maximum absolute atomic E-state index is 2.35. The van der Waals surface area contributed by atoms with Gasteiger partial charge in [-0.2, -0.15) is 0 Å². The Labute approximate surface area is 165 Å². The normalized spacial score (nSPS) is 11.2. The van der Waals surface area contributed by atoms with Crippen molar-refractivity contribution in [2.45, 2.75) is 13.8 Å². The monoisotopic (exact) mass is 358 g/mol. The SMILES string of the molecule is CC.c1ccc2cc3cc4cc5c(ccc6ccccc65)cc4cc3cc2c1. The highest BCUT2D eigenvalue weighted by Gasteiger charge is 2.05. The highest BCUT2D eigenvalue weighted by Crippen LogP contribution is 2.32. The summed E-state index contributed by atoms with van der Waals surface area (Å²) in [6.07, 6.45) is 0. The summed E-state index contributed by atoms with van der Waals surface area (Å²) in [5, 5.41) is 13.1. The van der Waals surface area contributed by atoms with Gasteiger partial charge in [-0.1, -0.05) is 74.5 Å². The van der Waals surface area contributed by atoms with E-state index in [4.69, 9.17) is 0 Å². The molecule has 0 heterocycles. The van der Waals surface area contributed by atoms with Gasteiger partial charge in [-0.25, -0.2) is 0 Å². The maximum Gasteiger partial charge on any atom is -0.00990 e. The van der Waals surface area contributed by atoms with Crippen LogP contribution < -0.4 is 0 Å². The zero-order valence-electron chi connectivity index (χ0n) is 16.2. The first-order valence-electron chi connectivity index (χ1n) is 10.0. The second kappa shape index (κ2) is 6.65. The average molecular weight is 358 g/mol. The lowest BCUT2D eigenvalue weighted by molar-refractivity contribution is 1.50. The van der Waals surface area contributed by atoms with Crippen molar-refractivity contribution in [2.24, 2.45) is 0 Å². The van der Waals surface area contributed by atoms with Gasteiger partial charge in [-0.3, -0.25) is 0 Å². The van der Waals surface area contributed by atoms with Crippen LogP contribution in [0.5, 0.6) is 0 Å². The largest absolute Gasteiger partial charge is 0.0683 e. The zero-order valence-corrected chi connectivity index (χ0v) is 16.2. The highest BCUT2D eigenvalue weighted by atomic mass is 14.1. The molecule has 0 atom stereocenters. The molecule has 6 rings (SSSR count). The van der Waals surface area contributed by atoms with E-state index in [0.717, 1.165) is 0 Å². The Kier molecular flexibility index (Phi) is 3.98. The van der Waals surface area contributed by atoms with Crippen molar-refractivity contribution in [1.29, 1.82) is 0 Å². The van der Waals surface area contributed by atoms with Gasteiger partial charge in [0, 0.05) is 0 Å². The first kappa shape index (κ1) is 16.8. The van der Waals surface area contributed by atoms with Crippen molar-refractivity contribution >= 4 is 53.9 Å². The van der Waals surface area contributed by atoms with Crippen LogP contribution in [0.4, 0.5) is 0 Å². The molecular weight excluding hydrogens is 336 g/mol. The molecule has 0 unspecified atom stereocenters. The smallest absolute Gasteiger partial charge is 0.00990 e. The van der Waals surface area contributed by atoms with Gasteiger partial charge in [0.2, 0.25) is 0 Å². The fourth-order valence-corrected chi connectivity index (χ4v) is 4.20. The second-order valence-corrected chi connectivity index (χ2v) is 7.11. The van der Waals surface area contributed by atoms with E-state index < -0.39 is 0 Å². The quantitative estimate of drug-likeness (QED) is 0.189. The molecule has 6 aromatic carbocycles. The molecule has 0 heteroatoms. The van der Waals surface area contributed by atoms with E-state index >= 15 is 0 Å². The summed E-state index contributed by atoms with van der Waals surface area (Å²) in [6.45, 7) is 4.00. The lowest BCUT2D eigenvalue weighted by Gasteiger charge is -2.09. The molecule has 0 aliphatic heterocycles. The molecule has 28 heavy (non-hydrogen) atoms. The third-order valence-electron chi connectivity index (χ3n) is 5.52. The summed E-state index contributed by atoms with van der Waals surface area (Å²) in [7, 11) is 0. The van der Waals surface area contributed by atoms with Gasteiger partial charge in [0.15, 0.2) is 0 Å². The van der Waals surface area contributed by atoms with Gasteiger partial charge >= 0.3 is 0 Å². The lowest BCUT2D eigenvalue weighted by atomic mass is 9.95. The third-order valence-corrected chi connectivity index (χ3v) is 5.52. The fraction of sp³-hybridized carbons (Fsp3) is 0.0714. The standard InChI is InChI=1S/C26H16.C2H6/c1-2-7-19-12-22-15-24-16-26-20(10-9-17-5-3-4-8-25(17)26)13-23(24)14-21(22)11-18(19)6-1;1-2/h1-16H;1-2H3. The topological polar surface area (TPSA) is 0 Å². The van der Waals surface area contributed by atoms with Gasteiger partial charge in [0.25, 0.3) is 0 Å². The van der Waals surface area contributed by atoms with E-state index in [1.54, 1.807) is 0 Å². The molecule has 0 bridgehead atoms. The van der Waals surface area contributed by atoms with E-state index in [1.165, 1.54) is 53.9 Å². The Balaban J connectivity index is 0.000000829. The van der Waals surface area contributed by atoms with Crippen LogP contribution in [0, 0.1) is 0 Å². The molecule has 0 aliphatic rings. The number of hydrogen-bond acceptors (Lipinski definition) is 0. The molecule has 134 valence electrons. The van der Waals surface area contributed by atoms with Crippen LogP contribution in [-0.2, 0) is 0 Å². The van der Waals surface area contributed by atoms with Gasteiger partial charge in [0.1, 0.15) is 0 Å². The summed E-state index contributed by atoms with van der Waals surface area (Å²) in [4.78, 5) is 0. The van der Waals surface area contributed by atoms with Crippen molar-refractivity contribution in [1.82, 2.24) is 0 Å². The summed E-state index contributed by atoms with van der Waals surface area (Å²) in [5.74, 6) is 0. The second-order valence-electron chi connectivity index (χ2n) is 7.11. The van der Waals surface area contributed by atoms with E-state index in [1.807, 2.05) is 13.8 Å². The molecule has 6 aromatic rings. The summed E-state index contributed by atoms with van der Waals surface area (Å²) in [5.41, 5.74) is 0. The third kappa shape index (κ3) is 2.61. The molecule has 0 aliphatic carbocycles. The molecule has 0 saturated carbocycles. The molecule has 0 saturated heterocycles. The van der Waals surface area contributed by atoms with E-state index in [9.17, 15) is 0 Å². The van der Waals surface area contributed by atoms with Crippen LogP contribution in [0.1, 0.15) is 13.8 Å². The Bertz CT molecular complexity index is 1460. The predicted molar refractivity (Wildman–Crippen MR) is 125 cm³/mol. The number of rotatable bonds is 0. The van der Waals surface area contributed by atoms with Gasteiger partial charge in [0.05, 0.1) is 0 Å². The van der Waals surface area contributed by atoms with Crippen molar-refractivity contribution in [3.05, 3.63) is 97.1 Å². The highest BCUT2D eigenvalue weighted by molar-refractivity contribution is 6.14. The van der Waals surface area contributed by atoms with Crippen LogP contribution in [0.15, 0.2) is 97.1 Å². The van der Waals surface area contributed by atoms with Crippen LogP contribution in [0.3, 0.4) is 0 Å². The average Bonchev–Trinajstić information content (AvgIpc) is 2.76. The van der Waals surface area contributed by atoms with E-state index in [-0.39, 0.29) is 0 Å².